The molecule has 0 saturated heterocycles. The molecule has 9 heteroatoms. The van der Waals surface area contributed by atoms with Crippen molar-refractivity contribution in [3.05, 3.63) is 59.2 Å². The maximum atomic E-state index is 13.3. The molecule has 0 bridgehead atoms. The van der Waals surface area contributed by atoms with E-state index in [1.165, 1.54) is 39.5 Å². The highest BCUT2D eigenvalue weighted by Crippen LogP contribution is 2.36. The summed E-state index contributed by atoms with van der Waals surface area (Å²) in [6, 6.07) is 9.06. The van der Waals surface area contributed by atoms with Crippen LogP contribution in [0.25, 0.3) is 0 Å². The molecular formula is C20H21F3N2O3S. The van der Waals surface area contributed by atoms with E-state index in [-0.39, 0.29) is 11.4 Å². The van der Waals surface area contributed by atoms with Gasteiger partial charge < -0.3 is 4.90 Å². The summed E-state index contributed by atoms with van der Waals surface area (Å²) in [6.45, 7) is 4.33. The molecule has 1 aliphatic rings. The van der Waals surface area contributed by atoms with Crippen LogP contribution < -0.4 is 4.90 Å². The van der Waals surface area contributed by atoms with Crippen molar-refractivity contribution < 1.29 is 26.4 Å². The highest BCUT2D eigenvalue weighted by atomic mass is 32.2. The fraction of sp³-hybridized carbons (Fsp3) is 0.350. The first-order valence-electron chi connectivity index (χ1n) is 9.22. The molecule has 0 aromatic heterocycles. The van der Waals surface area contributed by atoms with E-state index < -0.39 is 33.2 Å². The normalized spacial score (nSPS) is 14.3. The Morgan fingerprint density at radius 3 is 2.38 bits per heavy atom. The summed E-state index contributed by atoms with van der Waals surface area (Å²) in [5.74, 6) is -0.754. The van der Waals surface area contributed by atoms with E-state index >= 15 is 0 Å². The lowest BCUT2D eigenvalue weighted by molar-refractivity contribution is -0.137. The molecule has 0 unspecified atom stereocenters. The number of hydrogen-bond acceptors (Lipinski definition) is 3. The lowest BCUT2D eigenvalue weighted by atomic mass is 10.1. The van der Waals surface area contributed by atoms with Crippen LogP contribution in [0, 0.1) is 0 Å². The highest BCUT2D eigenvalue weighted by molar-refractivity contribution is 7.89. The molecule has 2 aromatic rings. The molecule has 1 aliphatic heterocycles. The third-order valence-corrected chi connectivity index (χ3v) is 7.04. The molecular weight excluding hydrogens is 405 g/mol. The fourth-order valence-electron chi connectivity index (χ4n) is 3.52. The molecule has 29 heavy (non-hydrogen) atoms. The third kappa shape index (κ3) is 3.89. The number of sulfonamides is 1. The molecule has 2 aromatic carbocycles. The zero-order valence-electron chi connectivity index (χ0n) is 16.0. The van der Waals surface area contributed by atoms with Crippen molar-refractivity contribution in [2.75, 3.05) is 24.5 Å². The van der Waals surface area contributed by atoms with E-state index in [1.807, 2.05) is 0 Å². The van der Waals surface area contributed by atoms with E-state index in [1.54, 1.807) is 13.8 Å². The Morgan fingerprint density at radius 2 is 1.76 bits per heavy atom. The minimum atomic E-state index is -4.64. The summed E-state index contributed by atoms with van der Waals surface area (Å²) in [5.41, 5.74) is -0.353. The van der Waals surface area contributed by atoms with Crippen LogP contribution in [0.1, 0.15) is 35.3 Å². The molecule has 0 atom stereocenters. The van der Waals surface area contributed by atoms with Crippen LogP contribution >= 0.6 is 0 Å². The van der Waals surface area contributed by atoms with Gasteiger partial charge in [0.2, 0.25) is 10.0 Å². The topological polar surface area (TPSA) is 57.7 Å². The lowest BCUT2D eigenvalue weighted by Crippen LogP contribution is -2.31. The molecule has 0 saturated carbocycles. The predicted octanol–water partition coefficient (Wildman–Crippen LogP) is 3.94. The van der Waals surface area contributed by atoms with Crippen LogP contribution in [0.2, 0.25) is 0 Å². The van der Waals surface area contributed by atoms with Crippen molar-refractivity contribution >= 4 is 21.6 Å². The number of carbonyl (C=O) groups excluding carboxylic acids is 1. The highest BCUT2D eigenvalue weighted by Gasteiger charge is 2.37. The number of fused-ring (bicyclic) bond motifs is 1. The molecule has 0 spiro atoms. The van der Waals surface area contributed by atoms with E-state index in [2.05, 4.69) is 0 Å². The molecule has 156 valence electrons. The SMILES string of the molecule is CCN(CC)S(=O)(=O)c1ccc2c(c1)CCN2C(=O)c1ccccc1C(F)(F)F. The standard InChI is InChI=1S/C20H21F3N2O3S/c1-3-24(4-2)29(27,28)15-9-10-18-14(13-15)11-12-25(18)19(26)16-7-5-6-8-17(16)20(21,22)23/h5-10,13H,3-4,11-12H2,1-2H3. The Labute approximate surface area is 167 Å². The quantitative estimate of drug-likeness (QED) is 0.728. The van der Waals surface area contributed by atoms with Gasteiger partial charge in [0.05, 0.1) is 16.0 Å². The van der Waals surface area contributed by atoms with Gasteiger partial charge in [0.15, 0.2) is 0 Å². The van der Waals surface area contributed by atoms with Gasteiger partial charge >= 0.3 is 6.18 Å². The molecule has 3 rings (SSSR count). The maximum Gasteiger partial charge on any atom is 0.417 e. The first-order chi connectivity index (χ1) is 13.6. The molecule has 1 heterocycles. The summed E-state index contributed by atoms with van der Waals surface area (Å²) in [7, 11) is -3.66. The van der Waals surface area contributed by atoms with Crippen molar-refractivity contribution in [1.82, 2.24) is 4.31 Å². The van der Waals surface area contributed by atoms with Crippen molar-refractivity contribution in [1.29, 1.82) is 0 Å². The van der Waals surface area contributed by atoms with Gasteiger partial charge in [0.1, 0.15) is 0 Å². The zero-order valence-corrected chi connectivity index (χ0v) is 16.8. The number of amides is 1. The fourth-order valence-corrected chi connectivity index (χ4v) is 5.03. The monoisotopic (exact) mass is 426 g/mol. The summed E-state index contributed by atoms with van der Waals surface area (Å²) in [6.07, 6.45) is -4.27. The second-order valence-electron chi connectivity index (χ2n) is 6.63. The van der Waals surface area contributed by atoms with Gasteiger partial charge in [-0.15, -0.1) is 0 Å². The first-order valence-corrected chi connectivity index (χ1v) is 10.7. The number of carbonyl (C=O) groups is 1. The molecule has 0 radical (unpaired) electrons. The Morgan fingerprint density at radius 1 is 1.10 bits per heavy atom. The minimum Gasteiger partial charge on any atom is -0.308 e. The smallest absolute Gasteiger partial charge is 0.308 e. The summed E-state index contributed by atoms with van der Waals surface area (Å²) < 4.78 is 66.6. The van der Waals surface area contributed by atoms with Crippen LogP contribution in [-0.2, 0) is 22.6 Å². The number of anilines is 1. The van der Waals surface area contributed by atoms with E-state index in [0.717, 1.165) is 12.1 Å². The van der Waals surface area contributed by atoms with E-state index in [0.29, 0.717) is 30.8 Å². The average molecular weight is 426 g/mol. The van der Waals surface area contributed by atoms with Crippen LogP contribution in [0.15, 0.2) is 47.4 Å². The average Bonchev–Trinajstić information content (AvgIpc) is 3.10. The van der Waals surface area contributed by atoms with Gasteiger partial charge in [-0.2, -0.15) is 17.5 Å². The Balaban J connectivity index is 1.97. The van der Waals surface area contributed by atoms with Crippen molar-refractivity contribution in [3.63, 3.8) is 0 Å². The molecule has 0 N–H and O–H groups in total. The second-order valence-corrected chi connectivity index (χ2v) is 8.57. The van der Waals surface area contributed by atoms with Crippen molar-refractivity contribution in [2.24, 2.45) is 0 Å². The molecule has 5 nitrogen and oxygen atoms in total. The molecule has 1 amide bonds. The lowest BCUT2D eigenvalue weighted by Gasteiger charge is -2.21. The van der Waals surface area contributed by atoms with E-state index in [4.69, 9.17) is 0 Å². The Kier molecular flexibility index (Phi) is 5.73. The van der Waals surface area contributed by atoms with Crippen LogP contribution in [0.5, 0.6) is 0 Å². The first kappa shape index (κ1) is 21.3. The second kappa shape index (κ2) is 7.79. The van der Waals surface area contributed by atoms with Gasteiger partial charge in [0.25, 0.3) is 5.91 Å². The van der Waals surface area contributed by atoms with Crippen molar-refractivity contribution in [2.45, 2.75) is 31.3 Å². The number of halogens is 3. The van der Waals surface area contributed by atoms with Crippen molar-refractivity contribution in [3.8, 4) is 0 Å². The van der Waals surface area contributed by atoms with Gasteiger partial charge in [-0.3, -0.25) is 4.79 Å². The molecule has 0 fully saturated rings. The number of rotatable bonds is 5. The van der Waals surface area contributed by atoms with Gasteiger partial charge in [-0.1, -0.05) is 26.0 Å². The van der Waals surface area contributed by atoms with Gasteiger partial charge in [0, 0.05) is 25.3 Å². The minimum absolute atomic E-state index is 0.116. The number of nitrogens with zero attached hydrogens (tertiary/aromatic N) is 2. The van der Waals surface area contributed by atoms with E-state index in [9.17, 15) is 26.4 Å². The predicted molar refractivity (Wildman–Crippen MR) is 103 cm³/mol. The summed E-state index contributed by atoms with van der Waals surface area (Å²) >= 11 is 0. The Hall–Kier alpha value is -2.39. The third-order valence-electron chi connectivity index (χ3n) is 5.00. The zero-order chi connectivity index (χ0) is 21.4. The van der Waals surface area contributed by atoms with Gasteiger partial charge in [-0.25, -0.2) is 8.42 Å². The number of benzene rings is 2. The van der Waals surface area contributed by atoms with Crippen LogP contribution in [0.3, 0.4) is 0 Å². The number of hydrogen-bond donors (Lipinski definition) is 0. The van der Waals surface area contributed by atoms with Crippen LogP contribution in [-0.4, -0.2) is 38.3 Å². The number of alkyl halides is 3. The van der Waals surface area contributed by atoms with Gasteiger partial charge in [-0.05, 0) is 42.3 Å². The maximum absolute atomic E-state index is 13.3. The Bertz CT molecular complexity index is 1030. The van der Waals surface area contributed by atoms with Crippen LogP contribution in [0.4, 0.5) is 18.9 Å². The molecule has 0 aliphatic carbocycles. The summed E-state index contributed by atoms with van der Waals surface area (Å²) in [4.78, 5) is 14.2. The largest absolute Gasteiger partial charge is 0.417 e. The summed E-state index contributed by atoms with van der Waals surface area (Å²) in [5, 5.41) is 0.